The molecule has 102 valence electrons. The third kappa shape index (κ3) is 2.80. The fourth-order valence-electron chi connectivity index (χ4n) is 2.26. The van der Waals surface area contributed by atoms with Gasteiger partial charge in [0, 0.05) is 19.7 Å². The Morgan fingerprint density at radius 3 is 2.58 bits per heavy atom. The second kappa shape index (κ2) is 5.31. The monoisotopic (exact) mass is 279 g/mol. The molecule has 2 rings (SSSR count). The number of pyridine rings is 1. The lowest BCUT2D eigenvalue weighted by molar-refractivity contribution is 0.170. The molecule has 0 saturated carbocycles. The first-order valence-corrected chi connectivity index (χ1v) is 6.57. The van der Waals surface area contributed by atoms with Crippen molar-refractivity contribution in [2.75, 3.05) is 0 Å². The van der Waals surface area contributed by atoms with Gasteiger partial charge < -0.3 is 5.11 Å². The van der Waals surface area contributed by atoms with Crippen molar-refractivity contribution < 1.29 is 5.11 Å². The van der Waals surface area contributed by atoms with Gasteiger partial charge in [-0.25, -0.2) is 0 Å². The van der Waals surface area contributed by atoms with E-state index in [0.717, 1.165) is 22.5 Å². The van der Waals surface area contributed by atoms with Crippen molar-refractivity contribution in [2.24, 2.45) is 7.05 Å². The molecule has 0 aliphatic heterocycles. The van der Waals surface area contributed by atoms with Crippen molar-refractivity contribution in [1.29, 1.82) is 0 Å². The lowest BCUT2D eigenvalue weighted by Gasteiger charge is -2.13. The number of aromatic nitrogens is 3. The summed E-state index contributed by atoms with van der Waals surface area (Å²) in [4.78, 5) is 4.32. The van der Waals surface area contributed by atoms with Gasteiger partial charge in [0.05, 0.1) is 22.1 Å². The Bertz CT molecular complexity index is 607. The molecule has 1 unspecified atom stereocenters. The van der Waals surface area contributed by atoms with Gasteiger partial charge in [0.15, 0.2) is 0 Å². The Hall–Kier alpha value is -1.39. The topological polar surface area (TPSA) is 50.9 Å². The normalized spacial score (nSPS) is 12.7. The molecular weight excluding hydrogens is 262 g/mol. The minimum Gasteiger partial charge on any atom is -0.386 e. The van der Waals surface area contributed by atoms with Gasteiger partial charge in [-0.1, -0.05) is 17.7 Å². The van der Waals surface area contributed by atoms with E-state index in [-0.39, 0.29) is 0 Å². The van der Waals surface area contributed by atoms with Gasteiger partial charge in [0.25, 0.3) is 0 Å². The molecule has 0 fully saturated rings. The molecule has 4 nitrogen and oxygen atoms in total. The summed E-state index contributed by atoms with van der Waals surface area (Å²) in [5.41, 5.74) is 4.37. The molecule has 19 heavy (non-hydrogen) atoms. The number of hydrogen-bond acceptors (Lipinski definition) is 3. The molecule has 0 radical (unpaired) electrons. The predicted molar refractivity (Wildman–Crippen MR) is 75.3 cm³/mol. The van der Waals surface area contributed by atoms with E-state index in [2.05, 4.69) is 10.1 Å². The predicted octanol–water partition coefficient (Wildman–Crippen LogP) is 2.67. The highest BCUT2D eigenvalue weighted by Gasteiger charge is 2.18. The number of nitrogens with zero attached hydrogens (tertiary/aromatic N) is 3. The maximum atomic E-state index is 10.3. The first kappa shape index (κ1) is 14.0. The summed E-state index contributed by atoms with van der Waals surface area (Å²) in [6.07, 6.45) is 1.50. The minimum atomic E-state index is -0.673. The Morgan fingerprint density at radius 1 is 1.37 bits per heavy atom. The molecule has 0 aliphatic rings. The Morgan fingerprint density at radius 2 is 2.05 bits per heavy atom. The number of rotatable bonds is 3. The van der Waals surface area contributed by atoms with E-state index in [9.17, 15) is 5.11 Å². The van der Waals surface area contributed by atoms with Crippen LogP contribution in [0.3, 0.4) is 0 Å². The first-order chi connectivity index (χ1) is 8.90. The molecule has 0 aliphatic carbocycles. The van der Waals surface area contributed by atoms with Crippen molar-refractivity contribution >= 4 is 11.6 Å². The molecular formula is C14H18ClN3O. The fourth-order valence-corrected chi connectivity index (χ4v) is 2.49. The molecule has 0 spiro atoms. The van der Waals surface area contributed by atoms with Crippen LogP contribution < -0.4 is 0 Å². The third-order valence-corrected chi connectivity index (χ3v) is 3.71. The lowest BCUT2D eigenvalue weighted by Crippen LogP contribution is -2.10. The summed E-state index contributed by atoms with van der Waals surface area (Å²) in [5, 5.41) is 15.2. The Labute approximate surface area is 118 Å². The molecule has 0 saturated heterocycles. The van der Waals surface area contributed by atoms with Gasteiger partial charge in [-0.15, -0.1) is 0 Å². The van der Waals surface area contributed by atoms with E-state index >= 15 is 0 Å². The van der Waals surface area contributed by atoms with E-state index < -0.39 is 6.10 Å². The average molecular weight is 280 g/mol. The molecule has 5 heteroatoms. The van der Waals surface area contributed by atoms with Gasteiger partial charge in [0.1, 0.15) is 6.10 Å². The number of halogens is 1. The van der Waals surface area contributed by atoms with Gasteiger partial charge in [-0.3, -0.25) is 9.67 Å². The minimum absolute atomic E-state index is 0.410. The zero-order valence-corrected chi connectivity index (χ0v) is 12.4. The van der Waals surface area contributed by atoms with Gasteiger partial charge in [-0.05, 0) is 31.9 Å². The summed E-state index contributed by atoms with van der Waals surface area (Å²) in [6.45, 7) is 5.79. The molecule has 0 amide bonds. The number of aliphatic hydroxyl groups excluding tert-OH is 1. The number of aliphatic hydroxyl groups is 1. The molecule has 2 heterocycles. The van der Waals surface area contributed by atoms with E-state index in [1.807, 2.05) is 33.9 Å². The largest absolute Gasteiger partial charge is 0.386 e. The van der Waals surface area contributed by atoms with E-state index in [1.54, 1.807) is 10.9 Å². The zero-order chi connectivity index (χ0) is 14.2. The molecule has 0 aromatic carbocycles. The van der Waals surface area contributed by atoms with E-state index in [0.29, 0.717) is 17.1 Å². The van der Waals surface area contributed by atoms with Crippen LogP contribution in [-0.4, -0.2) is 19.9 Å². The summed E-state index contributed by atoms with van der Waals surface area (Å²) < 4.78 is 1.71. The second-order valence-electron chi connectivity index (χ2n) is 4.90. The van der Waals surface area contributed by atoms with Gasteiger partial charge in [-0.2, -0.15) is 5.10 Å². The number of aryl methyl sites for hydroxylation is 4. The smallest absolute Gasteiger partial charge is 0.102 e. The fraction of sp³-hybridized carbons (Fsp3) is 0.429. The lowest BCUT2D eigenvalue weighted by atomic mass is 10.0. The summed E-state index contributed by atoms with van der Waals surface area (Å²) in [5.74, 6) is 0. The SMILES string of the molecule is Cc1cnc(C(O)Cc2c(Cl)c(C)nn2C)c(C)c1. The van der Waals surface area contributed by atoms with Crippen LogP contribution in [0.1, 0.15) is 34.3 Å². The summed E-state index contributed by atoms with van der Waals surface area (Å²) >= 11 is 6.20. The van der Waals surface area contributed by atoms with E-state index in [4.69, 9.17) is 11.6 Å². The van der Waals surface area contributed by atoms with Crippen LogP contribution in [0.5, 0.6) is 0 Å². The summed E-state index contributed by atoms with van der Waals surface area (Å²) in [7, 11) is 1.83. The van der Waals surface area contributed by atoms with Crippen molar-refractivity contribution in [3.63, 3.8) is 0 Å². The van der Waals surface area contributed by atoms with Crippen molar-refractivity contribution in [2.45, 2.75) is 33.3 Å². The maximum absolute atomic E-state index is 10.3. The van der Waals surface area contributed by atoms with Crippen molar-refractivity contribution in [3.05, 3.63) is 45.5 Å². The van der Waals surface area contributed by atoms with E-state index in [1.165, 1.54) is 0 Å². The van der Waals surface area contributed by atoms with Crippen LogP contribution in [0, 0.1) is 20.8 Å². The highest BCUT2D eigenvalue weighted by Crippen LogP contribution is 2.26. The quantitative estimate of drug-likeness (QED) is 0.940. The van der Waals surface area contributed by atoms with Crippen LogP contribution in [0.25, 0.3) is 0 Å². The van der Waals surface area contributed by atoms with Crippen LogP contribution >= 0.6 is 11.6 Å². The Balaban J connectivity index is 2.28. The molecule has 1 N–H and O–H groups in total. The van der Waals surface area contributed by atoms with Crippen LogP contribution in [0.15, 0.2) is 12.3 Å². The van der Waals surface area contributed by atoms with Crippen LogP contribution in [-0.2, 0) is 13.5 Å². The Kier molecular flexibility index (Phi) is 3.92. The van der Waals surface area contributed by atoms with Crippen LogP contribution in [0.4, 0.5) is 0 Å². The first-order valence-electron chi connectivity index (χ1n) is 6.19. The highest BCUT2D eigenvalue weighted by atomic mass is 35.5. The highest BCUT2D eigenvalue weighted by molar-refractivity contribution is 6.31. The average Bonchev–Trinajstić information content (AvgIpc) is 2.56. The van der Waals surface area contributed by atoms with Crippen molar-refractivity contribution in [3.8, 4) is 0 Å². The van der Waals surface area contributed by atoms with Crippen LogP contribution in [0.2, 0.25) is 5.02 Å². The molecule has 2 aromatic rings. The molecule has 2 aromatic heterocycles. The standard InChI is InChI=1S/C14H18ClN3O/c1-8-5-9(2)14(16-7-8)12(19)6-11-13(15)10(3)17-18(11)4/h5,7,12,19H,6H2,1-4H3. The summed E-state index contributed by atoms with van der Waals surface area (Å²) in [6, 6.07) is 2.02. The van der Waals surface area contributed by atoms with Gasteiger partial charge in [0.2, 0.25) is 0 Å². The van der Waals surface area contributed by atoms with Gasteiger partial charge >= 0.3 is 0 Å². The zero-order valence-electron chi connectivity index (χ0n) is 11.6. The van der Waals surface area contributed by atoms with Crippen molar-refractivity contribution in [1.82, 2.24) is 14.8 Å². The second-order valence-corrected chi connectivity index (χ2v) is 5.28. The molecule has 0 bridgehead atoms. The third-order valence-electron chi connectivity index (χ3n) is 3.22. The molecule has 1 atom stereocenters. The number of hydrogen-bond donors (Lipinski definition) is 1. The maximum Gasteiger partial charge on any atom is 0.102 e.